The number of fused-ring (bicyclic) bond motifs is 1. The number of rotatable bonds is 12. The van der Waals surface area contributed by atoms with Crippen LogP contribution in [0.5, 0.6) is 5.75 Å². The third-order valence-corrected chi connectivity index (χ3v) is 7.27. The van der Waals surface area contributed by atoms with Crippen LogP contribution in [-0.2, 0) is 16.8 Å². The molecule has 9 heteroatoms. The van der Waals surface area contributed by atoms with Crippen LogP contribution in [0.2, 0.25) is 0 Å². The minimum atomic E-state index is -0.212. The average Bonchev–Trinajstić information content (AvgIpc) is 3.56. The van der Waals surface area contributed by atoms with Gasteiger partial charge in [0.25, 0.3) is 5.56 Å². The molecule has 1 N–H and O–H groups in total. The highest BCUT2D eigenvalue weighted by Crippen LogP contribution is 2.31. The summed E-state index contributed by atoms with van der Waals surface area (Å²) in [6.07, 6.45) is 4.98. The molecule has 0 amide bonds. The Labute approximate surface area is 213 Å². The molecule has 1 fully saturated rings. The summed E-state index contributed by atoms with van der Waals surface area (Å²) in [5.74, 6) is 1.64. The van der Waals surface area contributed by atoms with Crippen molar-refractivity contribution in [3.8, 4) is 5.75 Å². The number of nitrogens with zero attached hydrogens (tertiary/aromatic N) is 5. The molecular formula is C27H40N6O3. The highest BCUT2D eigenvalue weighted by Gasteiger charge is 2.33. The molecular weight excluding hydrogens is 456 g/mol. The van der Waals surface area contributed by atoms with Gasteiger partial charge in [-0.15, -0.1) is 5.10 Å². The quantitative estimate of drug-likeness (QED) is 0.392. The van der Waals surface area contributed by atoms with Crippen LogP contribution in [-0.4, -0.2) is 56.0 Å². The normalized spacial score (nSPS) is 17.2. The molecule has 1 aromatic carbocycles. The largest absolute Gasteiger partial charge is 0.494 e. The maximum atomic E-state index is 13.2. The molecule has 1 saturated heterocycles. The van der Waals surface area contributed by atoms with Gasteiger partial charge in [0.2, 0.25) is 0 Å². The molecule has 0 radical (unpaired) electrons. The number of pyridine rings is 1. The SMILES string of the molecule is CCC[C@@H](c1nnnn1C(C)(C)CC)N(Cc1cc2cc(OCC)ccc2[nH]c1=O)C[C@H]1CCCO1. The second-order valence-electron chi connectivity index (χ2n) is 10.3. The summed E-state index contributed by atoms with van der Waals surface area (Å²) < 4.78 is 13.7. The van der Waals surface area contributed by atoms with Crippen molar-refractivity contribution in [2.24, 2.45) is 0 Å². The van der Waals surface area contributed by atoms with Crippen molar-refractivity contribution >= 4 is 10.9 Å². The standard InChI is InChI=1S/C27H40N6O3/c1-6-10-24(25-29-30-31-33(25)27(4,5)7-2)32(18-22-11-9-14-36-22)17-20-15-19-16-21(35-8-3)12-13-23(19)28-26(20)34/h12-13,15-16,22,24H,6-11,14,17-18H2,1-5H3,(H,28,34)/t22-,24+/m1/s1. The number of hydrogen-bond acceptors (Lipinski definition) is 7. The Hall–Kier alpha value is -2.78. The molecule has 36 heavy (non-hydrogen) atoms. The van der Waals surface area contributed by atoms with Gasteiger partial charge in [-0.25, -0.2) is 4.68 Å². The first kappa shape index (κ1) is 26.3. The number of aromatic amines is 1. The molecule has 4 rings (SSSR count). The zero-order valence-corrected chi connectivity index (χ0v) is 22.3. The van der Waals surface area contributed by atoms with Gasteiger partial charge in [0.1, 0.15) is 5.75 Å². The Morgan fingerprint density at radius 3 is 2.81 bits per heavy atom. The van der Waals surface area contributed by atoms with E-state index >= 15 is 0 Å². The highest BCUT2D eigenvalue weighted by atomic mass is 16.5. The molecule has 0 unspecified atom stereocenters. The fourth-order valence-corrected chi connectivity index (χ4v) is 4.91. The summed E-state index contributed by atoms with van der Waals surface area (Å²) >= 11 is 0. The molecule has 3 aromatic rings. The summed E-state index contributed by atoms with van der Waals surface area (Å²) in [7, 11) is 0. The molecule has 0 saturated carbocycles. The molecule has 1 aliphatic heterocycles. The summed E-state index contributed by atoms with van der Waals surface area (Å²) in [6, 6.07) is 7.72. The third kappa shape index (κ3) is 5.78. The van der Waals surface area contributed by atoms with Crippen molar-refractivity contribution in [2.75, 3.05) is 19.8 Å². The van der Waals surface area contributed by atoms with E-state index < -0.39 is 0 Å². The fourth-order valence-electron chi connectivity index (χ4n) is 4.91. The van der Waals surface area contributed by atoms with E-state index in [1.54, 1.807) is 0 Å². The van der Waals surface area contributed by atoms with Gasteiger partial charge in [-0.3, -0.25) is 9.69 Å². The van der Waals surface area contributed by atoms with Crippen molar-refractivity contribution in [1.29, 1.82) is 0 Å². The van der Waals surface area contributed by atoms with Crippen LogP contribution in [0.4, 0.5) is 0 Å². The molecule has 3 heterocycles. The van der Waals surface area contributed by atoms with E-state index in [9.17, 15) is 4.79 Å². The molecule has 2 aromatic heterocycles. The van der Waals surface area contributed by atoms with Gasteiger partial charge in [-0.05, 0) is 81.1 Å². The first-order chi connectivity index (χ1) is 17.4. The molecule has 196 valence electrons. The van der Waals surface area contributed by atoms with Crippen LogP contribution < -0.4 is 10.3 Å². The van der Waals surface area contributed by atoms with E-state index in [1.165, 1.54) is 0 Å². The Bertz CT molecular complexity index is 1200. The second kappa shape index (κ2) is 11.5. The lowest BCUT2D eigenvalue weighted by molar-refractivity contribution is 0.0462. The Morgan fingerprint density at radius 2 is 2.11 bits per heavy atom. The zero-order valence-electron chi connectivity index (χ0n) is 22.3. The lowest BCUT2D eigenvalue weighted by Gasteiger charge is -2.34. The van der Waals surface area contributed by atoms with Crippen LogP contribution in [0.25, 0.3) is 10.9 Å². The number of nitrogens with one attached hydrogen (secondary N) is 1. The monoisotopic (exact) mass is 496 g/mol. The third-order valence-electron chi connectivity index (χ3n) is 7.27. The maximum absolute atomic E-state index is 13.2. The first-order valence-corrected chi connectivity index (χ1v) is 13.3. The van der Waals surface area contributed by atoms with Gasteiger partial charge in [-0.1, -0.05) is 20.3 Å². The van der Waals surface area contributed by atoms with E-state index in [1.807, 2.05) is 35.9 Å². The highest BCUT2D eigenvalue weighted by molar-refractivity contribution is 5.80. The predicted molar refractivity (Wildman–Crippen MR) is 140 cm³/mol. The molecule has 1 aliphatic rings. The van der Waals surface area contributed by atoms with Crippen LogP contribution in [0.3, 0.4) is 0 Å². The second-order valence-corrected chi connectivity index (χ2v) is 10.3. The molecule has 2 atom stereocenters. The number of hydrogen-bond donors (Lipinski definition) is 1. The number of aromatic nitrogens is 5. The van der Waals surface area contributed by atoms with E-state index in [4.69, 9.17) is 9.47 Å². The Kier molecular flexibility index (Phi) is 8.41. The lowest BCUT2D eigenvalue weighted by Crippen LogP contribution is -2.39. The zero-order chi connectivity index (χ0) is 25.7. The maximum Gasteiger partial charge on any atom is 0.252 e. The van der Waals surface area contributed by atoms with Crippen molar-refractivity contribution < 1.29 is 9.47 Å². The van der Waals surface area contributed by atoms with Crippen molar-refractivity contribution in [1.82, 2.24) is 30.1 Å². The van der Waals surface area contributed by atoms with Gasteiger partial charge in [0.05, 0.1) is 24.3 Å². The van der Waals surface area contributed by atoms with Gasteiger partial charge < -0.3 is 14.5 Å². The van der Waals surface area contributed by atoms with Crippen LogP contribution >= 0.6 is 0 Å². The van der Waals surface area contributed by atoms with Crippen molar-refractivity contribution in [3.05, 3.63) is 46.0 Å². The molecule has 0 aliphatic carbocycles. The predicted octanol–water partition coefficient (Wildman–Crippen LogP) is 4.58. The number of tetrazole rings is 1. The Morgan fingerprint density at radius 1 is 1.28 bits per heavy atom. The number of benzene rings is 1. The molecule has 0 spiro atoms. The summed E-state index contributed by atoms with van der Waals surface area (Å²) in [5.41, 5.74) is 1.23. The lowest BCUT2D eigenvalue weighted by atomic mass is 10.0. The summed E-state index contributed by atoms with van der Waals surface area (Å²) in [5, 5.41) is 13.9. The van der Waals surface area contributed by atoms with E-state index in [-0.39, 0.29) is 23.2 Å². The average molecular weight is 497 g/mol. The minimum Gasteiger partial charge on any atom is -0.494 e. The van der Waals surface area contributed by atoms with E-state index in [0.29, 0.717) is 18.7 Å². The fraction of sp³-hybridized carbons (Fsp3) is 0.630. The first-order valence-electron chi connectivity index (χ1n) is 13.3. The van der Waals surface area contributed by atoms with Crippen LogP contribution in [0.1, 0.15) is 84.2 Å². The van der Waals surface area contributed by atoms with Gasteiger partial charge in [0, 0.05) is 36.2 Å². The number of ether oxygens (including phenoxy) is 2. The van der Waals surface area contributed by atoms with Crippen molar-refractivity contribution in [2.45, 2.75) is 91.0 Å². The van der Waals surface area contributed by atoms with E-state index in [0.717, 1.165) is 67.7 Å². The van der Waals surface area contributed by atoms with Crippen molar-refractivity contribution in [3.63, 3.8) is 0 Å². The Balaban J connectivity index is 1.73. The van der Waals surface area contributed by atoms with Crippen LogP contribution in [0, 0.1) is 0 Å². The van der Waals surface area contributed by atoms with Crippen LogP contribution in [0.15, 0.2) is 29.1 Å². The van der Waals surface area contributed by atoms with Gasteiger partial charge >= 0.3 is 0 Å². The molecule has 9 nitrogen and oxygen atoms in total. The van der Waals surface area contributed by atoms with E-state index in [2.05, 4.69) is 53.1 Å². The van der Waals surface area contributed by atoms with Gasteiger partial charge in [-0.2, -0.15) is 0 Å². The molecule has 0 bridgehead atoms. The smallest absolute Gasteiger partial charge is 0.252 e. The topological polar surface area (TPSA) is 98.2 Å². The van der Waals surface area contributed by atoms with Gasteiger partial charge in [0.15, 0.2) is 5.82 Å². The number of H-pyrrole nitrogens is 1. The summed E-state index contributed by atoms with van der Waals surface area (Å²) in [6.45, 7) is 13.2. The minimum absolute atomic E-state index is 0.0371. The summed E-state index contributed by atoms with van der Waals surface area (Å²) in [4.78, 5) is 18.6.